The second-order valence-corrected chi connectivity index (χ2v) is 12.3. The maximum Gasteiger partial charge on any atom is 0.419 e. The van der Waals surface area contributed by atoms with Crippen molar-refractivity contribution in [2.24, 2.45) is 5.92 Å². The molecule has 202 valence electrons. The molecule has 9 nitrogen and oxygen atoms in total. The second-order valence-electron chi connectivity index (χ2n) is 12.3. The second kappa shape index (κ2) is 11.2. The van der Waals surface area contributed by atoms with E-state index >= 15 is 0 Å². The fraction of sp³-hybridized carbons (Fsp3) is 0.808. The number of hydrogen-bond acceptors (Lipinski definition) is 7. The number of hydrogen-bond donors (Lipinski definition) is 0. The summed E-state index contributed by atoms with van der Waals surface area (Å²) >= 11 is 0. The number of carbonyl (C=O) groups is 3. The molecule has 9 heteroatoms. The Morgan fingerprint density at radius 3 is 1.80 bits per heavy atom. The quantitative estimate of drug-likeness (QED) is 0.333. The molecule has 0 N–H and O–H groups in total. The summed E-state index contributed by atoms with van der Waals surface area (Å²) < 4.78 is 22.5. The maximum absolute atomic E-state index is 13.1. The van der Waals surface area contributed by atoms with Crippen LogP contribution in [0.3, 0.4) is 0 Å². The minimum Gasteiger partial charge on any atom is -0.444 e. The molecular formula is C26H46N2O7. The Balaban J connectivity index is 3.19. The highest BCUT2D eigenvalue weighted by Crippen LogP contribution is 2.34. The lowest BCUT2D eigenvalue weighted by Crippen LogP contribution is -2.52. The summed E-state index contributed by atoms with van der Waals surface area (Å²) in [5.74, 6) is -0.221. The van der Waals surface area contributed by atoms with Crippen molar-refractivity contribution < 1.29 is 33.3 Å². The Labute approximate surface area is 211 Å². The SMILES string of the molecule is CC=C[C@H](CCN(C(=O)OC(C)(C)C)C(=O)OC(C)(C)C)[C@H]1COC(C)(C)N1C(=O)OC(C)(C)C. The smallest absolute Gasteiger partial charge is 0.419 e. The first-order chi connectivity index (χ1) is 15.7. The number of allylic oxidation sites excluding steroid dienone is 1. The molecule has 1 fully saturated rings. The van der Waals surface area contributed by atoms with Crippen LogP contribution in [0.1, 0.15) is 89.5 Å². The van der Waals surface area contributed by atoms with E-state index in [9.17, 15) is 14.4 Å². The predicted molar refractivity (Wildman–Crippen MR) is 134 cm³/mol. The summed E-state index contributed by atoms with van der Waals surface area (Å²) in [5, 5.41) is 0. The lowest BCUT2D eigenvalue weighted by atomic mass is 9.94. The molecule has 1 aliphatic heterocycles. The summed E-state index contributed by atoms with van der Waals surface area (Å²) in [6, 6.07) is -0.352. The Morgan fingerprint density at radius 2 is 1.40 bits per heavy atom. The molecule has 0 aromatic rings. The number of carbonyl (C=O) groups excluding carboxylic acids is 3. The Kier molecular flexibility index (Phi) is 9.82. The van der Waals surface area contributed by atoms with Crippen LogP contribution >= 0.6 is 0 Å². The van der Waals surface area contributed by atoms with Gasteiger partial charge in [-0.15, -0.1) is 0 Å². The molecule has 0 spiro atoms. The molecule has 0 saturated carbocycles. The van der Waals surface area contributed by atoms with Crippen molar-refractivity contribution in [2.45, 2.75) is 118 Å². The summed E-state index contributed by atoms with van der Waals surface area (Å²) in [4.78, 5) is 41.5. The van der Waals surface area contributed by atoms with Crippen LogP contribution in [-0.2, 0) is 18.9 Å². The van der Waals surface area contributed by atoms with Gasteiger partial charge in [-0.05, 0) is 89.5 Å². The van der Waals surface area contributed by atoms with Crippen LogP contribution in [0.5, 0.6) is 0 Å². The van der Waals surface area contributed by atoms with Gasteiger partial charge in [0.05, 0.1) is 12.6 Å². The molecule has 0 bridgehead atoms. The van der Waals surface area contributed by atoms with E-state index in [1.165, 1.54) is 0 Å². The van der Waals surface area contributed by atoms with Gasteiger partial charge in [0.15, 0.2) is 0 Å². The minimum absolute atomic E-state index is 0.0396. The van der Waals surface area contributed by atoms with Gasteiger partial charge < -0.3 is 18.9 Å². The molecule has 0 aromatic carbocycles. The van der Waals surface area contributed by atoms with Crippen LogP contribution in [0, 0.1) is 5.92 Å². The Bertz CT molecular complexity index is 757. The summed E-state index contributed by atoms with van der Waals surface area (Å²) in [6.45, 7) is 21.7. The first-order valence-corrected chi connectivity index (χ1v) is 12.2. The van der Waals surface area contributed by atoms with Crippen molar-refractivity contribution in [3.05, 3.63) is 12.2 Å². The number of imide groups is 1. The van der Waals surface area contributed by atoms with Crippen molar-refractivity contribution in [3.63, 3.8) is 0 Å². The van der Waals surface area contributed by atoms with Crippen LogP contribution < -0.4 is 0 Å². The van der Waals surface area contributed by atoms with Crippen molar-refractivity contribution in [1.29, 1.82) is 0 Å². The average Bonchev–Trinajstić information content (AvgIpc) is 2.91. The molecule has 3 amide bonds. The maximum atomic E-state index is 13.1. The molecule has 2 atom stereocenters. The average molecular weight is 499 g/mol. The monoisotopic (exact) mass is 498 g/mol. The Morgan fingerprint density at radius 1 is 0.943 bits per heavy atom. The van der Waals surface area contributed by atoms with E-state index in [0.29, 0.717) is 13.0 Å². The van der Waals surface area contributed by atoms with E-state index in [4.69, 9.17) is 18.9 Å². The zero-order valence-corrected chi connectivity index (χ0v) is 23.7. The van der Waals surface area contributed by atoms with Crippen molar-refractivity contribution in [3.8, 4) is 0 Å². The fourth-order valence-electron chi connectivity index (χ4n) is 3.65. The van der Waals surface area contributed by atoms with Crippen molar-refractivity contribution >= 4 is 18.3 Å². The van der Waals surface area contributed by atoms with Gasteiger partial charge in [0.2, 0.25) is 0 Å². The fourth-order valence-corrected chi connectivity index (χ4v) is 3.65. The topological polar surface area (TPSA) is 94.6 Å². The van der Waals surface area contributed by atoms with Crippen molar-refractivity contribution in [1.82, 2.24) is 9.80 Å². The third kappa shape index (κ3) is 10.1. The lowest BCUT2D eigenvalue weighted by molar-refractivity contribution is -0.0641. The van der Waals surface area contributed by atoms with Crippen LogP contribution in [0.4, 0.5) is 14.4 Å². The van der Waals surface area contributed by atoms with Gasteiger partial charge in [0.1, 0.15) is 22.5 Å². The number of amides is 3. The van der Waals surface area contributed by atoms with Gasteiger partial charge in [-0.25, -0.2) is 19.3 Å². The molecule has 35 heavy (non-hydrogen) atoms. The molecule has 0 radical (unpaired) electrons. The zero-order valence-electron chi connectivity index (χ0n) is 23.7. The first-order valence-electron chi connectivity index (χ1n) is 12.2. The molecule has 0 aromatic heterocycles. The highest BCUT2D eigenvalue weighted by Gasteiger charge is 2.48. The molecule has 1 aliphatic rings. The van der Waals surface area contributed by atoms with Crippen LogP contribution in [-0.4, -0.2) is 69.8 Å². The van der Waals surface area contributed by atoms with E-state index in [1.54, 1.807) is 46.4 Å². The summed E-state index contributed by atoms with van der Waals surface area (Å²) in [5.41, 5.74) is -3.10. The number of rotatable bonds is 5. The minimum atomic E-state index is -0.872. The third-order valence-corrected chi connectivity index (χ3v) is 4.96. The standard InChI is InChI=1S/C26H46N2O7/c1-13-14-18(19-17-32-26(11,12)28(19)22(31)35-25(8,9)10)15-16-27(20(29)33-23(2,3)4)21(30)34-24(5,6)7/h13-14,18-19H,15-17H2,1-12H3/t18-,19-/m1/s1. The van der Waals surface area contributed by atoms with Crippen LogP contribution in [0.15, 0.2) is 12.2 Å². The number of nitrogens with zero attached hydrogens (tertiary/aromatic N) is 2. The van der Waals surface area contributed by atoms with E-state index in [1.807, 2.05) is 53.7 Å². The number of ether oxygens (including phenoxy) is 4. The summed E-state index contributed by atoms with van der Waals surface area (Å²) in [6.07, 6.45) is 2.17. The van der Waals surface area contributed by atoms with Gasteiger partial charge in [-0.1, -0.05) is 12.2 Å². The predicted octanol–water partition coefficient (Wildman–Crippen LogP) is 6.11. The van der Waals surface area contributed by atoms with Crippen LogP contribution in [0.25, 0.3) is 0 Å². The van der Waals surface area contributed by atoms with Gasteiger partial charge in [-0.2, -0.15) is 0 Å². The highest BCUT2D eigenvalue weighted by atomic mass is 16.6. The molecule has 1 saturated heterocycles. The van der Waals surface area contributed by atoms with Gasteiger partial charge in [0, 0.05) is 12.5 Å². The van der Waals surface area contributed by atoms with E-state index < -0.39 is 40.8 Å². The van der Waals surface area contributed by atoms with E-state index in [0.717, 1.165) is 4.90 Å². The normalized spacial score (nSPS) is 19.4. The molecule has 1 heterocycles. The molecule has 0 unspecified atom stereocenters. The lowest BCUT2D eigenvalue weighted by Gasteiger charge is -2.37. The molecule has 1 rings (SSSR count). The zero-order chi connectivity index (χ0) is 27.4. The van der Waals surface area contributed by atoms with Gasteiger partial charge in [0.25, 0.3) is 0 Å². The molecular weight excluding hydrogens is 452 g/mol. The third-order valence-electron chi connectivity index (χ3n) is 4.96. The summed E-state index contributed by atoms with van der Waals surface area (Å²) in [7, 11) is 0. The van der Waals surface area contributed by atoms with Crippen LogP contribution in [0.2, 0.25) is 0 Å². The highest BCUT2D eigenvalue weighted by molar-refractivity contribution is 5.88. The van der Waals surface area contributed by atoms with E-state index in [-0.39, 0.29) is 18.5 Å². The van der Waals surface area contributed by atoms with E-state index in [2.05, 4.69) is 0 Å². The largest absolute Gasteiger partial charge is 0.444 e. The molecule has 0 aliphatic carbocycles. The Hall–Kier alpha value is -2.29. The van der Waals surface area contributed by atoms with Gasteiger partial charge >= 0.3 is 18.3 Å². The first kappa shape index (κ1) is 30.7. The van der Waals surface area contributed by atoms with Crippen molar-refractivity contribution in [2.75, 3.05) is 13.2 Å². The van der Waals surface area contributed by atoms with Gasteiger partial charge in [-0.3, -0.25) is 4.90 Å².